The summed E-state index contributed by atoms with van der Waals surface area (Å²) in [5.41, 5.74) is 15.4. The molecule has 0 bridgehead atoms. The molecule has 5 heteroatoms. The van der Waals surface area contributed by atoms with Crippen LogP contribution in [0.2, 0.25) is 0 Å². The van der Waals surface area contributed by atoms with Crippen molar-refractivity contribution in [2.75, 3.05) is 19.4 Å². The Morgan fingerprint density at radius 3 is 3.00 bits per heavy atom. The molecule has 0 amide bonds. The van der Waals surface area contributed by atoms with E-state index >= 15 is 0 Å². The Kier molecular flexibility index (Phi) is 4.76. The molecule has 84 valence electrons. The average molecular weight is 218 g/mol. The van der Waals surface area contributed by atoms with E-state index in [1.165, 1.54) is 0 Å². The van der Waals surface area contributed by atoms with Crippen molar-refractivity contribution in [2.45, 2.75) is 6.42 Å². The number of benzene rings is 1. The van der Waals surface area contributed by atoms with E-state index in [1.807, 2.05) is 30.4 Å². The molecule has 0 atom stereocenters. The van der Waals surface area contributed by atoms with E-state index in [0.29, 0.717) is 18.0 Å². The number of nitrogens with two attached hydrogens (primary N) is 1. The second kappa shape index (κ2) is 6.37. The van der Waals surface area contributed by atoms with Crippen LogP contribution in [0.25, 0.3) is 16.5 Å². The highest BCUT2D eigenvalue weighted by Gasteiger charge is 1.97. The van der Waals surface area contributed by atoms with Gasteiger partial charge in [-0.25, -0.2) is 0 Å². The van der Waals surface area contributed by atoms with Gasteiger partial charge in [-0.15, -0.1) is 0 Å². The number of anilines is 1. The van der Waals surface area contributed by atoms with Crippen LogP contribution in [0.5, 0.6) is 5.75 Å². The van der Waals surface area contributed by atoms with Crippen LogP contribution in [-0.4, -0.2) is 13.7 Å². The van der Waals surface area contributed by atoms with Gasteiger partial charge in [-0.3, -0.25) is 0 Å². The van der Waals surface area contributed by atoms with Gasteiger partial charge < -0.3 is 10.5 Å². The maximum atomic E-state index is 8.08. The molecule has 0 fully saturated rings. The number of azide groups is 1. The molecule has 1 aromatic rings. The predicted molar refractivity (Wildman–Crippen MR) is 65.1 cm³/mol. The van der Waals surface area contributed by atoms with Crippen molar-refractivity contribution in [3.05, 3.63) is 40.3 Å². The minimum atomic E-state index is 0.471. The largest absolute Gasteiger partial charge is 0.495 e. The predicted octanol–water partition coefficient (Wildman–Crippen LogP) is 2.99. The average Bonchev–Trinajstić information content (AvgIpc) is 2.29. The summed E-state index contributed by atoms with van der Waals surface area (Å²) < 4.78 is 5.05. The van der Waals surface area contributed by atoms with Crippen molar-refractivity contribution in [3.8, 4) is 5.75 Å². The number of rotatable bonds is 5. The van der Waals surface area contributed by atoms with E-state index in [9.17, 15) is 0 Å². The first-order valence-electron chi connectivity index (χ1n) is 4.89. The first kappa shape index (κ1) is 11.9. The van der Waals surface area contributed by atoms with Crippen LogP contribution in [0.1, 0.15) is 12.0 Å². The summed E-state index contributed by atoms with van der Waals surface area (Å²) in [6.45, 7) is 0.471. The zero-order valence-electron chi connectivity index (χ0n) is 9.13. The minimum absolute atomic E-state index is 0.471. The van der Waals surface area contributed by atoms with Crippen LogP contribution >= 0.6 is 0 Å². The molecular formula is C11H14N4O. The number of ether oxygens (including phenoxy) is 1. The fourth-order valence-corrected chi connectivity index (χ4v) is 1.25. The van der Waals surface area contributed by atoms with Gasteiger partial charge in [0.05, 0.1) is 12.8 Å². The van der Waals surface area contributed by atoms with Gasteiger partial charge in [0, 0.05) is 11.5 Å². The van der Waals surface area contributed by atoms with Gasteiger partial charge in [-0.2, -0.15) is 0 Å². The first-order valence-corrected chi connectivity index (χ1v) is 4.89. The van der Waals surface area contributed by atoms with Gasteiger partial charge in [-0.1, -0.05) is 23.3 Å². The molecule has 0 aliphatic carbocycles. The molecule has 5 nitrogen and oxygen atoms in total. The summed E-state index contributed by atoms with van der Waals surface area (Å²) in [6, 6.07) is 5.57. The minimum Gasteiger partial charge on any atom is -0.495 e. The van der Waals surface area contributed by atoms with Crippen molar-refractivity contribution >= 4 is 11.8 Å². The lowest BCUT2D eigenvalue weighted by molar-refractivity contribution is 0.417. The Hall–Kier alpha value is -2.13. The Balaban J connectivity index is 2.60. The van der Waals surface area contributed by atoms with E-state index in [2.05, 4.69) is 10.0 Å². The number of hydrogen-bond acceptors (Lipinski definition) is 3. The molecule has 0 aliphatic heterocycles. The van der Waals surface area contributed by atoms with Crippen molar-refractivity contribution in [3.63, 3.8) is 0 Å². The van der Waals surface area contributed by atoms with Crippen LogP contribution in [0.15, 0.2) is 29.4 Å². The summed E-state index contributed by atoms with van der Waals surface area (Å²) in [6.07, 6.45) is 4.59. The fraction of sp³-hybridized carbons (Fsp3) is 0.273. The van der Waals surface area contributed by atoms with E-state index in [0.717, 1.165) is 12.0 Å². The quantitative estimate of drug-likeness (QED) is 0.271. The van der Waals surface area contributed by atoms with Crippen LogP contribution in [0.3, 0.4) is 0 Å². The summed E-state index contributed by atoms with van der Waals surface area (Å²) in [4.78, 5) is 2.67. The van der Waals surface area contributed by atoms with Gasteiger partial charge in [-0.05, 0) is 29.6 Å². The van der Waals surface area contributed by atoms with Gasteiger partial charge in [0.15, 0.2) is 0 Å². The van der Waals surface area contributed by atoms with Crippen LogP contribution in [0.4, 0.5) is 5.69 Å². The highest BCUT2D eigenvalue weighted by atomic mass is 16.5. The first-order chi connectivity index (χ1) is 7.77. The van der Waals surface area contributed by atoms with Crippen molar-refractivity contribution in [1.82, 2.24) is 0 Å². The van der Waals surface area contributed by atoms with Gasteiger partial charge in [0.25, 0.3) is 0 Å². The number of hydrogen-bond donors (Lipinski definition) is 1. The van der Waals surface area contributed by atoms with E-state index < -0.39 is 0 Å². The number of nitrogen functional groups attached to an aromatic ring is 1. The summed E-state index contributed by atoms with van der Waals surface area (Å²) in [5.74, 6) is 0.672. The molecule has 1 aromatic carbocycles. The third-order valence-electron chi connectivity index (χ3n) is 2.02. The lowest BCUT2D eigenvalue weighted by atomic mass is 10.1. The normalized spacial score (nSPS) is 10.1. The molecule has 0 saturated heterocycles. The summed E-state index contributed by atoms with van der Waals surface area (Å²) >= 11 is 0. The van der Waals surface area contributed by atoms with Gasteiger partial charge >= 0.3 is 0 Å². The lowest BCUT2D eigenvalue weighted by Crippen LogP contribution is -1.92. The van der Waals surface area contributed by atoms with E-state index in [4.69, 9.17) is 16.0 Å². The maximum absolute atomic E-state index is 8.08. The zero-order valence-corrected chi connectivity index (χ0v) is 9.13. The van der Waals surface area contributed by atoms with Gasteiger partial charge in [0.1, 0.15) is 5.75 Å². The molecule has 0 heterocycles. The Morgan fingerprint density at radius 1 is 1.56 bits per heavy atom. The lowest BCUT2D eigenvalue weighted by Gasteiger charge is -2.04. The molecule has 16 heavy (non-hydrogen) atoms. The number of nitrogens with zero attached hydrogens (tertiary/aromatic N) is 3. The summed E-state index contributed by atoms with van der Waals surface area (Å²) in [5, 5.41) is 3.43. The van der Waals surface area contributed by atoms with Crippen molar-refractivity contribution in [2.24, 2.45) is 5.11 Å². The Morgan fingerprint density at radius 2 is 2.38 bits per heavy atom. The molecular weight excluding hydrogens is 204 g/mol. The second-order valence-corrected chi connectivity index (χ2v) is 3.15. The molecule has 0 saturated carbocycles. The Bertz CT molecular complexity index is 422. The smallest absolute Gasteiger partial charge is 0.141 e. The second-order valence-electron chi connectivity index (χ2n) is 3.15. The molecule has 0 unspecified atom stereocenters. The maximum Gasteiger partial charge on any atom is 0.141 e. The topological polar surface area (TPSA) is 84.0 Å². The third kappa shape index (κ3) is 3.55. The van der Waals surface area contributed by atoms with Crippen LogP contribution in [-0.2, 0) is 0 Å². The monoisotopic (exact) mass is 218 g/mol. The van der Waals surface area contributed by atoms with E-state index in [1.54, 1.807) is 7.11 Å². The molecule has 0 aromatic heterocycles. The highest BCUT2D eigenvalue weighted by Crippen LogP contribution is 2.22. The molecule has 1 rings (SSSR count). The van der Waals surface area contributed by atoms with Crippen LogP contribution < -0.4 is 10.5 Å². The van der Waals surface area contributed by atoms with Crippen LogP contribution in [0, 0.1) is 0 Å². The fourth-order valence-electron chi connectivity index (χ4n) is 1.25. The zero-order chi connectivity index (χ0) is 11.8. The molecule has 0 spiro atoms. The molecule has 0 aliphatic rings. The molecule has 2 N–H and O–H groups in total. The molecule has 0 radical (unpaired) electrons. The Labute approximate surface area is 94.2 Å². The standard InChI is InChI=1S/C11H14N4O/c1-16-11-6-5-9(8-10(11)12)4-2-3-7-14-15-13/h2,4-6,8H,3,7,12H2,1H3. The number of methoxy groups -OCH3 is 1. The van der Waals surface area contributed by atoms with Crippen molar-refractivity contribution < 1.29 is 4.74 Å². The van der Waals surface area contributed by atoms with Crippen molar-refractivity contribution in [1.29, 1.82) is 0 Å². The van der Waals surface area contributed by atoms with E-state index in [-0.39, 0.29) is 0 Å². The third-order valence-corrected chi connectivity index (χ3v) is 2.02. The van der Waals surface area contributed by atoms with Gasteiger partial charge in [0.2, 0.25) is 0 Å². The SMILES string of the molecule is COc1ccc(C=CCCN=[N+]=[N-])cc1N. The highest BCUT2D eigenvalue weighted by molar-refractivity contribution is 5.61. The summed E-state index contributed by atoms with van der Waals surface area (Å²) in [7, 11) is 1.58.